The number of halogens is 1. The van der Waals surface area contributed by atoms with E-state index in [0.29, 0.717) is 12.8 Å². The molecular weight excluding hydrogens is 263 g/mol. The smallest absolute Gasteiger partial charge is 0.0895 e. The van der Waals surface area contributed by atoms with E-state index >= 15 is 0 Å². The van der Waals surface area contributed by atoms with Gasteiger partial charge < -0.3 is 5.41 Å². The molecule has 1 atom stereocenters. The van der Waals surface area contributed by atoms with Gasteiger partial charge in [-0.1, -0.05) is 60.7 Å². The first-order chi connectivity index (χ1) is 10.3. The predicted molar refractivity (Wildman–Crippen MR) is 86.3 cm³/mol. The summed E-state index contributed by atoms with van der Waals surface area (Å²) in [7, 11) is 0. The highest BCUT2D eigenvalue weighted by molar-refractivity contribution is 6.13. The number of nitrogens with one attached hydrogen (secondary N) is 1. The first-order valence-electron chi connectivity index (χ1n) is 7.10. The minimum absolute atomic E-state index is 0.281. The lowest BCUT2D eigenvalue weighted by Gasteiger charge is -2.12. The lowest BCUT2D eigenvalue weighted by molar-refractivity contribution is 0.458. The zero-order chi connectivity index (χ0) is 14.9. The van der Waals surface area contributed by atoms with Gasteiger partial charge >= 0.3 is 0 Å². The van der Waals surface area contributed by atoms with Crippen molar-refractivity contribution in [3.8, 4) is 0 Å². The summed E-state index contributed by atoms with van der Waals surface area (Å²) in [6.45, 7) is -0.369. The maximum absolute atomic E-state index is 12.3. The van der Waals surface area contributed by atoms with E-state index in [1.165, 1.54) is 6.21 Å². The Kier molecular flexibility index (Phi) is 5.83. The maximum atomic E-state index is 12.3. The van der Waals surface area contributed by atoms with Crippen LogP contribution in [0.1, 0.15) is 24.0 Å². The highest BCUT2D eigenvalue weighted by Gasteiger charge is 2.10. The van der Waals surface area contributed by atoms with Crippen molar-refractivity contribution >= 4 is 11.9 Å². The van der Waals surface area contributed by atoms with Gasteiger partial charge in [0.15, 0.2) is 0 Å². The molecule has 3 heteroatoms. The molecule has 0 bridgehead atoms. The van der Waals surface area contributed by atoms with E-state index in [2.05, 4.69) is 4.99 Å². The second-order valence-corrected chi connectivity index (χ2v) is 4.77. The van der Waals surface area contributed by atoms with E-state index in [1.54, 1.807) is 0 Å². The molecule has 2 aromatic rings. The molecule has 0 aromatic heterocycles. The number of benzene rings is 2. The molecule has 0 aliphatic heterocycles. The fraction of sp³-hybridized carbons (Fsp3) is 0.222. The third-order valence-corrected chi connectivity index (χ3v) is 3.22. The van der Waals surface area contributed by atoms with E-state index in [1.807, 2.05) is 60.7 Å². The summed E-state index contributed by atoms with van der Waals surface area (Å²) in [4.78, 5) is 4.68. The van der Waals surface area contributed by atoms with Gasteiger partial charge in [0.1, 0.15) is 0 Å². The van der Waals surface area contributed by atoms with E-state index in [-0.39, 0.29) is 12.7 Å². The average Bonchev–Trinajstić information content (AvgIpc) is 2.57. The van der Waals surface area contributed by atoms with E-state index in [4.69, 9.17) is 5.41 Å². The monoisotopic (exact) mass is 282 g/mol. The van der Waals surface area contributed by atoms with Crippen LogP contribution in [0.25, 0.3) is 0 Å². The molecule has 0 fully saturated rings. The van der Waals surface area contributed by atoms with Crippen molar-refractivity contribution in [3.05, 3.63) is 71.8 Å². The van der Waals surface area contributed by atoms with Crippen LogP contribution < -0.4 is 0 Å². The summed E-state index contributed by atoms with van der Waals surface area (Å²) in [6.07, 6.45) is 2.28. The van der Waals surface area contributed by atoms with Crippen molar-refractivity contribution in [2.45, 2.75) is 18.9 Å². The van der Waals surface area contributed by atoms with Gasteiger partial charge in [-0.3, -0.25) is 9.38 Å². The van der Waals surface area contributed by atoms with Crippen LogP contribution in [-0.2, 0) is 0 Å². The Morgan fingerprint density at radius 1 is 1.00 bits per heavy atom. The summed E-state index contributed by atoms with van der Waals surface area (Å²) in [5, 5.41) is 7.50. The minimum Gasteiger partial charge on any atom is -0.311 e. The predicted octanol–water partition coefficient (Wildman–Crippen LogP) is 4.29. The van der Waals surface area contributed by atoms with Crippen molar-refractivity contribution in [1.82, 2.24) is 0 Å². The van der Waals surface area contributed by atoms with Gasteiger partial charge in [0, 0.05) is 17.3 Å². The SMILES string of the molecule is N=CC(CCCF)N=C(c1ccccc1)c1ccccc1. The van der Waals surface area contributed by atoms with E-state index < -0.39 is 0 Å². The molecular formula is C18H19FN2. The summed E-state index contributed by atoms with van der Waals surface area (Å²) in [6, 6.07) is 19.5. The second kappa shape index (κ2) is 8.10. The Hall–Kier alpha value is -2.29. The molecule has 0 heterocycles. The van der Waals surface area contributed by atoms with Gasteiger partial charge in [-0.2, -0.15) is 0 Å². The highest BCUT2D eigenvalue weighted by atomic mass is 19.1. The second-order valence-electron chi connectivity index (χ2n) is 4.77. The molecule has 0 aliphatic rings. The van der Waals surface area contributed by atoms with Crippen LogP contribution in [0.4, 0.5) is 4.39 Å². The van der Waals surface area contributed by atoms with Gasteiger partial charge in [-0.05, 0) is 12.8 Å². The van der Waals surface area contributed by atoms with Crippen LogP contribution in [0.5, 0.6) is 0 Å². The van der Waals surface area contributed by atoms with Crippen molar-refractivity contribution in [1.29, 1.82) is 5.41 Å². The van der Waals surface area contributed by atoms with Crippen molar-refractivity contribution < 1.29 is 4.39 Å². The largest absolute Gasteiger partial charge is 0.311 e. The number of aliphatic imine (C=N–C) groups is 1. The summed E-state index contributed by atoms with van der Waals surface area (Å²) >= 11 is 0. The summed E-state index contributed by atoms with van der Waals surface area (Å²) in [5.74, 6) is 0. The van der Waals surface area contributed by atoms with Crippen LogP contribution >= 0.6 is 0 Å². The molecule has 0 aliphatic carbocycles. The van der Waals surface area contributed by atoms with Gasteiger partial charge in [-0.15, -0.1) is 0 Å². The highest BCUT2D eigenvalue weighted by Crippen LogP contribution is 2.13. The van der Waals surface area contributed by atoms with Crippen LogP contribution in [-0.4, -0.2) is 24.6 Å². The topological polar surface area (TPSA) is 36.2 Å². The molecule has 2 nitrogen and oxygen atoms in total. The Balaban J connectivity index is 2.38. The Morgan fingerprint density at radius 3 is 1.95 bits per heavy atom. The third-order valence-electron chi connectivity index (χ3n) is 3.22. The average molecular weight is 282 g/mol. The number of rotatable bonds is 7. The Labute approximate surface area is 124 Å². The molecule has 21 heavy (non-hydrogen) atoms. The number of nitrogens with zero attached hydrogens (tertiary/aromatic N) is 1. The number of alkyl halides is 1. The zero-order valence-corrected chi connectivity index (χ0v) is 11.9. The van der Waals surface area contributed by atoms with Crippen LogP contribution in [0, 0.1) is 5.41 Å². The molecule has 0 amide bonds. The molecule has 108 valence electrons. The lowest BCUT2D eigenvalue weighted by atomic mass is 10.0. The molecule has 2 aromatic carbocycles. The summed E-state index contributed by atoms with van der Waals surface area (Å²) < 4.78 is 12.3. The van der Waals surface area contributed by atoms with E-state index in [0.717, 1.165) is 16.8 Å². The van der Waals surface area contributed by atoms with Crippen LogP contribution in [0.15, 0.2) is 65.7 Å². The fourth-order valence-corrected chi connectivity index (χ4v) is 2.15. The van der Waals surface area contributed by atoms with Crippen LogP contribution in [0.3, 0.4) is 0 Å². The quantitative estimate of drug-likeness (QED) is 0.735. The van der Waals surface area contributed by atoms with Crippen molar-refractivity contribution in [2.75, 3.05) is 6.67 Å². The maximum Gasteiger partial charge on any atom is 0.0895 e. The zero-order valence-electron chi connectivity index (χ0n) is 11.9. The lowest BCUT2D eigenvalue weighted by Crippen LogP contribution is -2.13. The Morgan fingerprint density at radius 2 is 1.52 bits per heavy atom. The first-order valence-corrected chi connectivity index (χ1v) is 7.10. The molecule has 0 radical (unpaired) electrons. The molecule has 0 saturated carbocycles. The van der Waals surface area contributed by atoms with Gasteiger partial charge in [0.25, 0.3) is 0 Å². The molecule has 0 saturated heterocycles. The fourth-order valence-electron chi connectivity index (χ4n) is 2.15. The standard InChI is InChI=1S/C18H19FN2/c19-13-7-12-17(14-20)21-18(15-8-3-1-4-9-15)16-10-5-2-6-11-16/h1-6,8-11,14,17,20H,7,12-13H2. The van der Waals surface area contributed by atoms with Crippen molar-refractivity contribution in [3.63, 3.8) is 0 Å². The molecule has 1 N–H and O–H groups in total. The van der Waals surface area contributed by atoms with Crippen LogP contribution in [0.2, 0.25) is 0 Å². The number of hydrogen-bond donors (Lipinski definition) is 1. The summed E-state index contributed by atoms with van der Waals surface area (Å²) in [5.41, 5.74) is 2.87. The van der Waals surface area contributed by atoms with Gasteiger partial charge in [-0.25, -0.2) is 0 Å². The van der Waals surface area contributed by atoms with Crippen molar-refractivity contribution in [2.24, 2.45) is 4.99 Å². The van der Waals surface area contributed by atoms with Gasteiger partial charge in [0.2, 0.25) is 0 Å². The minimum atomic E-state index is -0.369. The van der Waals surface area contributed by atoms with Gasteiger partial charge in [0.05, 0.1) is 18.4 Å². The molecule has 2 rings (SSSR count). The molecule has 1 unspecified atom stereocenters. The molecule has 0 spiro atoms. The third kappa shape index (κ3) is 4.35. The first kappa shape index (κ1) is 15.1. The normalized spacial score (nSPS) is 11.7. The Bertz CT molecular complexity index is 537. The number of hydrogen-bond acceptors (Lipinski definition) is 2. The van der Waals surface area contributed by atoms with E-state index in [9.17, 15) is 4.39 Å².